The van der Waals surface area contributed by atoms with Gasteiger partial charge in [-0.05, 0) is 50.4 Å². The van der Waals surface area contributed by atoms with Crippen LogP contribution in [0.4, 0.5) is 5.69 Å². The van der Waals surface area contributed by atoms with Crippen molar-refractivity contribution in [2.45, 2.75) is 26.8 Å². The van der Waals surface area contributed by atoms with Crippen molar-refractivity contribution >= 4 is 34.1 Å². The van der Waals surface area contributed by atoms with Gasteiger partial charge in [-0.25, -0.2) is 4.98 Å². The second-order valence-corrected chi connectivity index (χ2v) is 8.19. The Labute approximate surface area is 225 Å². The summed E-state index contributed by atoms with van der Waals surface area (Å²) in [5.41, 5.74) is 9.56. The minimum Gasteiger partial charge on any atom is -0.493 e. The molecule has 1 radical (unpaired) electrons. The molecule has 0 saturated heterocycles. The molecule has 1 aromatic carbocycles. The van der Waals surface area contributed by atoms with Gasteiger partial charge in [0.25, 0.3) is 0 Å². The van der Waals surface area contributed by atoms with Gasteiger partial charge in [0.1, 0.15) is 16.5 Å². The van der Waals surface area contributed by atoms with Crippen molar-refractivity contribution < 1.29 is 42.2 Å². The van der Waals surface area contributed by atoms with Crippen LogP contribution in [-0.4, -0.2) is 20.6 Å². The van der Waals surface area contributed by atoms with Crippen LogP contribution < -0.4 is 16.5 Å². The average molecular weight is 615 g/mol. The monoisotopic (exact) mass is 614 g/mol. The Hall–Kier alpha value is -2.39. The first kappa shape index (κ1) is 25.2. The van der Waals surface area contributed by atoms with Gasteiger partial charge in [0, 0.05) is 62.1 Å². The van der Waals surface area contributed by atoms with Crippen LogP contribution in [0.1, 0.15) is 35.3 Å². The molecule has 175 valence electrons. The summed E-state index contributed by atoms with van der Waals surface area (Å²) in [6.07, 6.45) is 3.47. The van der Waals surface area contributed by atoms with E-state index in [4.69, 9.17) is 21.8 Å². The van der Waals surface area contributed by atoms with Crippen LogP contribution in [0.5, 0.6) is 0 Å². The second-order valence-electron chi connectivity index (χ2n) is 7.80. The number of nitrogens with one attached hydrogen (secondary N) is 1. The topological polar surface area (TPSA) is 121 Å². The first-order valence-electron chi connectivity index (χ1n) is 9.97. The molecule has 1 atom stereocenters. The third-order valence-corrected chi connectivity index (χ3v) is 5.51. The number of hydrogen-bond acceptors (Lipinski definition) is 5. The normalized spacial score (nSPS) is 11.8. The van der Waals surface area contributed by atoms with Gasteiger partial charge >= 0.3 is 0 Å². The third kappa shape index (κ3) is 4.94. The van der Waals surface area contributed by atoms with Crippen LogP contribution in [0.2, 0.25) is 5.15 Å². The van der Waals surface area contributed by atoms with E-state index < -0.39 is 5.84 Å². The number of nitrogens with zero attached hydrogens (tertiary/aromatic N) is 4. The molecule has 0 aliphatic carbocycles. The van der Waals surface area contributed by atoms with Crippen LogP contribution >= 0.6 is 11.6 Å². The maximum absolute atomic E-state index is 13.2. The standard InChI is InChI=1S/C23H22ClN6O2.Ho/c1-11-7-15(13(3)28-17-5-6-18(24)29-19(17)23(25)26)22-16(8-11)20(31)12(2)21(32-22)14-9-27-30(4)10-14;/h5-10,13H,1-4H3,(H3-,25,26,28);/q-1;/t13-;/m1./s1. The molecule has 3 aromatic heterocycles. The first-order chi connectivity index (χ1) is 15.2. The molecule has 0 bridgehead atoms. The van der Waals surface area contributed by atoms with Crippen LogP contribution in [0.25, 0.3) is 27.7 Å². The van der Waals surface area contributed by atoms with Gasteiger partial charge < -0.3 is 20.9 Å². The van der Waals surface area contributed by atoms with E-state index in [0.29, 0.717) is 28.0 Å². The summed E-state index contributed by atoms with van der Waals surface area (Å²) < 4.78 is 7.96. The molecular formula is C23H22ClHoN6O2-. The molecule has 10 heteroatoms. The van der Waals surface area contributed by atoms with Gasteiger partial charge in [-0.3, -0.25) is 9.48 Å². The van der Waals surface area contributed by atoms with Crippen LogP contribution in [0.15, 0.2) is 45.9 Å². The second kappa shape index (κ2) is 9.85. The average Bonchev–Trinajstić information content (AvgIpc) is 3.17. The SMILES string of the molecule is Cc1cc([C@@H](C)Nc2ccc(Cl)nc2C(=[N-])N)c2oc(-c3cnn(C)c3)c(C)c(=O)c2c1.[Ho]. The third-order valence-electron chi connectivity index (χ3n) is 5.30. The number of pyridine rings is 1. The summed E-state index contributed by atoms with van der Waals surface area (Å²) in [6.45, 7) is 5.60. The van der Waals surface area contributed by atoms with Crippen molar-refractivity contribution in [3.63, 3.8) is 0 Å². The molecular weight excluding hydrogens is 593 g/mol. The summed E-state index contributed by atoms with van der Waals surface area (Å²) in [6, 6.07) is 6.75. The fourth-order valence-corrected chi connectivity index (χ4v) is 3.91. The predicted molar refractivity (Wildman–Crippen MR) is 127 cm³/mol. The van der Waals surface area contributed by atoms with Gasteiger partial charge in [0.05, 0.1) is 34.6 Å². The molecule has 0 aliphatic heterocycles. The maximum atomic E-state index is 13.2. The minimum atomic E-state index is -0.447. The number of nitrogens with two attached hydrogens (primary N) is 1. The molecule has 0 unspecified atom stereocenters. The smallest absolute Gasteiger partial charge is 0.196 e. The van der Waals surface area contributed by atoms with Gasteiger partial charge in [0.2, 0.25) is 0 Å². The van der Waals surface area contributed by atoms with Gasteiger partial charge in [-0.1, -0.05) is 17.7 Å². The maximum Gasteiger partial charge on any atom is 0.196 e. The number of aryl methyl sites for hydroxylation is 2. The van der Waals surface area contributed by atoms with Crippen molar-refractivity contribution in [3.05, 3.63) is 79.8 Å². The van der Waals surface area contributed by atoms with Crippen LogP contribution in [0.3, 0.4) is 0 Å². The number of amidine groups is 1. The Kier molecular flexibility index (Phi) is 7.53. The molecule has 0 aliphatic rings. The molecule has 0 amide bonds. The number of aromatic nitrogens is 3. The minimum absolute atomic E-state index is 0. The zero-order valence-corrected chi connectivity index (χ0v) is 21.1. The van der Waals surface area contributed by atoms with Crippen LogP contribution in [-0.2, 0) is 7.05 Å². The zero-order valence-electron chi connectivity index (χ0n) is 18.4. The fraction of sp³-hybridized carbons (Fsp3) is 0.217. The van der Waals surface area contributed by atoms with Crippen molar-refractivity contribution in [2.75, 3.05) is 5.32 Å². The first-order valence-corrected chi connectivity index (χ1v) is 10.3. The molecule has 0 spiro atoms. The van der Waals surface area contributed by atoms with E-state index in [2.05, 4.69) is 15.4 Å². The predicted octanol–water partition coefficient (Wildman–Crippen LogP) is 4.31. The molecule has 8 nitrogen and oxygen atoms in total. The van der Waals surface area contributed by atoms with E-state index in [1.165, 1.54) is 0 Å². The van der Waals surface area contributed by atoms with Crippen molar-refractivity contribution in [1.82, 2.24) is 14.8 Å². The summed E-state index contributed by atoms with van der Waals surface area (Å²) in [4.78, 5) is 17.3. The summed E-state index contributed by atoms with van der Waals surface area (Å²) in [7, 11) is 1.81. The zero-order chi connectivity index (χ0) is 23.2. The number of rotatable bonds is 5. The quantitative estimate of drug-likeness (QED) is 0.150. The number of fused-ring (bicyclic) bond motifs is 1. The van der Waals surface area contributed by atoms with E-state index >= 15 is 0 Å². The Morgan fingerprint density at radius 1 is 1.30 bits per heavy atom. The van der Waals surface area contributed by atoms with E-state index in [0.717, 1.165) is 16.7 Å². The number of hydrogen-bond donors (Lipinski definition) is 2. The largest absolute Gasteiger partial charge is 0.493 e. The molecule has 4 rings (SSSR count). The summed E-state index contributed by atoms with van der Waals surface area (Å²) >= 11 is 5.95. The summed E-state index contributed by atoms with van der Waals surface area (Å²) in [5.74, 6) is 0.0343. The number of benzene rings is 1. The Morgan fingerprint density at radius 3 is 2.67 bits per heavy atom. The van der Waals surface area contributed by atoms with Crippen molar-refractivity contribution in [3.8, 4) is 11.3 Å². The van der Waals surface area contributed by atoms with E-state index in [1.54, 1.807) is 43.2 Å². The Bertz CT molecular complexity index is 1430. The van der Waals surface area contributed by atoms with E-state index in [9.17, 15) is 10.2 Å². The van der Waals surface area contributed by atoms with E-state index in [1.807, 2.05) is 26.0 Å². The Morgan fingerprint density at radius 2 is 2.03 bits per heavy atom. The molecule has 3 N–H and O–H groups in total. The molecule has 0 saturated carbocycles. The van der Waals surface area contributed by atoms with Gasteiger partial charge in [0.15, 0.2) is 5.43 Å². The summed E-state index contributed by atoms with van der Waals surface area (Å²) in [5, 5.41) is 18.0. The molecule has 0 fully saturated rings. The molecule has 3 heterocycles. The molecule has 4 aromatic rings. The van der Waals surface area contributed by atoms with Gasteiger partial charge in [-0.2, -0.15) is 5.10 Å². The number of halogens is 1. The van der Waals surface area contributed by atoms with E-state index in [-0.39, 0.29) is 60.1 Å². The molecule has 33 heavy (non-hydrogen) atoms. The van der Waals surface area contributed by atoms with Crippen molar-refractivity contribution in [2.24, 2.45) is 12.8 Å². The van der Waals surface area contributed by atoms with Gasteiger partial charge in [-0.15, -0.1) is 0 Å². The van der Waals surface area contributed by atoms with Crippen LogP contribution in [0, 0.1) is 51.6 Å². The fourth-order valence-electron chi connectivity index (χ4n) is 3.76. The number of anilines is 1. The Balaban J connectivity index is 0.00000306. The van der Waals surface area contributed by atoms with Crippen molar-refractivity contribution in [1.29, 1.82) is 0 Å².